The van der Waals surface area contributed by atoms with Crippen molar-refractivity contribution < 1.29 is 14.7 Å². The van der Waals surface area contributed by atoms with Gasteiger partial charge in [0.05, 0.1) is 5.56 Å². The molecule has 0 radical (unpaired) electrons. The SMILES string of the molecule is O=C(O)c1cccc(C(=O)N2CCC3(CCCCC3)C2)c1. The van der Waals surface area contributed by atoms with Crippen LogP contribution in [0.3, 0.4) is 0 Å². The molecule has 1 saturated heterocycles. The largest absolute Gasteiger partial charge is 0.478 e. The van der Waals surface area contributed by atoms with Gasteiger partial charge in [-0.1, -0.05) is 25.3 Å². The van der Waals surface area contributed by atoms with Crippen LogP contribution in [0, 0.1) is 5.41 Å². The maximum absolute atomic E-state index is 12.6. The zero-order valence-corrected chi connectivity index (χ0v) is 12.2. The van der Waals surface area contributed by atoms with Crippen molar-refractivity contribution in [1.82, 2.24) is 4.90 Å². The zero-order valence-electron chi connectivity index (χ0n) is 12.2. The van der Waals surface area contributed by atoms with Crippen LogP contribution >= 0.6 is 0 Å². The molecule has 1 aromatic carbocycles. The molecule has 0 atom stereocenters. The molecule has 1 spiro atoms. The van der Waals surface area contributed by atoms with Crippen molar-refractivity contribution in [2.75, 3.05) is 13.1 Å². The molecule has 1 aliphatic carbocycles. The maximum Gasteiger partial charge on any atom is 0.335 e. The number of likely N-dealkylation sites (tertiary alicyclic amines) is 1. The van der Waals surface area contributed by atoms with Crippen LogP contribution < -0.4 is 0 Å². The third-order valence-electron chi connectivity index (χ3n) is 5.00. The Bertz CT molecular complexity index is 561. The van der Waals surface area contributed by atoms with Gasteiger partial charge >= 0.3 is 5.97 Å². The first-order valence-electron chi connectivity index (χ1n) is 7.72. The molecule has 4 nitrogen and oxygen atoms in total. The molecule has 21 heavy (non-hydrogen) atoms. The molecule has 2 fully saturated rings. The predicted octanol–water partition coefficient (Wildman–Crippen LogP) is 3.18. The van der Waals surface area contributed by atoms with Gasteiger partial charge in [0, 0.05) is 18.7 Å². The summed E-state index contributed by atoms with van der Waals surface area (Å²) in [5.74, 6) is -1.02. The van der Waals surface area contributed by atoms with E-state index < -0.39 is 5.97 Å². The van der Waals surface area contributed by atoms with E-state index >= 15 is 0 Å². The standard InChI is InChI=1S/C17H21NO3/c19-15(13-5-4-6-14(11-13)16(20)21)18-10-9-17(12-18)7-2-1-3-8-17/h4-6,11H,1-3,7-10,12H2,(H,20,21). The highest BCUT2D eigenvalue weighted by atomic mass is 16.4. The molecule has 1 N–H and O–H groups in total. The Kier molecular flexibility index (Phi) is 3.70. The lowest BCUT2D eigenvalue weighted by Crippen LogP contribution is -2.33. The summed E-state index contributed by atoms with van der Waals surface area (Å²) in [6.45, 7) is 1.64. The van der Waals surface area contributed by atoms with Crippen molar-refractivity contribution in [1.29, 1.82) is 0 Å². The number of carboxylic acid groups (broad SMARTS) is 1. The summed E-state index contributed by atoms with van der Waals surface area (Å²) >= 11 is 0. The van der Waals surface area contributed by atoms with Crippen molar-refractivity contribution in [2.45, 2.75) is 38.5 Å². The number of hydrogen-bond donors (Lipinski definition) is 1. The normalized spacial score (nSPS) is 20.7. The molecule has 0 unspecified atom stereocenters. The first-order valence-corrected chi connectivity index (χ1v) is 7.72. The van der Waals surface area contributed by atoms with Crippen molar-refractivity contribution in [3.63, 3.8) is 0 Å². The number of carbonyl (C=O) groups is 2. The number of aromatic carboxylic acids is 1. The predicted molar refractivity (Wildman–Crippen MR) is 79.4 cm³/mol. The van der Waals surface area contributed by atoms with E-state index in [0.717, 1.165) is 19.5 Å². The number of hydrogen-bond acceptors (Lipinski definition) is 2. The maximum atomic E-state index is 12.6. The van der Waals surface area contributed by atoms with Crippen LogP contribution in [-0.2, 0) is 0 Å². The number of carbonyl (C=O) groups excluding carboxylic acids is 1. The first kappa shape index (κ1) is 14.1. The lowest BCUT2D eigenvalue weighted by molar-refractivity contribution is 0.0697. The number of rotatable bonds is 2. The Morgan fingerprint density at radius 2 is 1.76 bits per heavy atom. The third-order valence-corrected chi connectivity index (χ3v) is 5.00. The summed E-state index contributed by atoms with van der Waals surface area (Å²) in [5, 5.41) is 9.03. The van der Waals surface area contributed by atoms with Crippen LogP contribution in [0.1, 0.15) is 59.2 Å². The smallest absolute Gasteiger partial charge is 0.335 e. The number of nitrogens with zero attached hydrogens (tertiary/aromatic N) is 1. The van der Waals surface area contributed by atoms with Crippen LogP contribution in [0.15, 0.2) is 24.3 Å². The van der Waals surface area contributed by atoms with Gasteiger partial charge in [-0.25, -0.2) is 4.79 Å². The Morgan fingerprint density at radius 1 is 1.05 bits per heavy atom. The molecule has 1 amide bonds. The van der Waals surface area contributed by atoms with Crippen molar-refractivity contribution in [2.24, 2.45) is 5.41 Å². The molecule has 1 heterocycles. The first-order chi connectivity index (χ1) is 10.1. The van der Waals surface area contributed by atoms with Gasteiger partial charge in [-0.3, -0.25) is 4.79 Å². The Morgan fingerprint density at radius 3 is 2.48 bits per heavy atom. The molecule has 112 valence electrons. The van der Waals surface area contributed by atoms with Crippen LogP contribution in [0.2, 0.25) is 0 Å². The topological polar surface area (TPSA) is 57.6 Å². The van der Waals surface area contributed by atoms with Crippen molar-refractivity contribution >= 4 is 11.9 Å². The lowest BCUT2D eigenvalue weighted by Gasteiger charge is -2.33. The quantitative estimate of drug-likeness (QED) is 0.909. The van der Waals surface area contributed by atoms with Crippen LogP contribution in [0.5, 0.6) is 0 Å². The minimum absolute atomic E-state index is 0.0273. The second-order valence-electron chi connectivity index (χ2n) is 6.42. The lowest BCUT2D eigenvalue weighted by atomic mass is 9.73. The summed E-state index contributed by atoms with van der Waals surface area (Å²) < 4.78 is 0. The average molecular weight is 287 g/mol. The summed E-state index contributed by atoms with van der Waals surface area (Å²) in [6, 6.07) is 6.35. The Balaban J connectivity index is 1.74. The number of carboxylic acids is 1. The van der Waals surface area contributed by atoms with E-state index in [4.69, 9.17) is 5.11 Å². The van der Waals surface area contributed by atoms with Crippen LogP contribution in [0.4, 0.5) is 0 Å². The highest BCUT2D eigenvalue weighted by molar-refractivity contribution is 5.97. The second kappa shape index (κ2) is 5.51. The van der Waals surface area contributed by atoms with Gasteiger partial charge in [-0.15, -0.1) is 0 Å². The summed E-state index contributed by atoms with van der Waals surface area (Å²) in [6.07, 6.45) is 7.42. The monoisotopic (exact) mass is 287 g/mol. The molecule has 2 aliphatic rings. The fourth-order valence-corrected chi connectivity index (χ4v) is 3.79. The zero-order chi connectivity index (χ0) is 14.9. The van der Waals surface area contributed by atoms with Gasteiger partial charge in [0.1, 0.15) is 0 Å². The van der Waals surface area contributed by atoms with E-state index in [2.05, 4.69) is 0 Å². The summed E-state index contributed by atoms with van der Waals surface area (Å²) in [7, 11) is 0. The van der Waals surface area contributed by atoms with Gasteiger partial charge in [0.2, 0.25) is 0 Å². The number of amides is 1. The highest BCUT2D eigenvalue weighted by Crippen LogP contribution is 2.43. The molecule has 1 aliphatic heterocycles. The molecule has 0 aromatic heterocycles. The van der Waals surface area contributed by atoms with E-state index in [1.54, 1.807) is 12.1 Å². The molecule has 3 rings (SSSR count). The summed E-state index contributed by atoms with van der Waals surface area (Å²) in [4.78, 5) is 25.5. The third kappa shape index (κ3) is 2.80. The van der Waals surface area contributed by atoms with E-state index in [9.17, 15) is 9.59 Å². The fourth-order valence-electron chi connectivity index (χ4n) is 3.79. The summed E-state index contributed by atoms with van der Waals surface area (Å²) in [5.41, 5.74) is 0.994. The number of benzene rings is 1. The van der Waals surface area contributed by atoms with Gasteiger partial charge < -0.3 is 10.0 Å². The Labute approximate surface area is 124 Å². The fraction of sp³-hybridized carbons (Fsp3) is 0.529. The van der Waals surface area contributed by atoms with Gasteiger partial charge in [0.25, 0.3) is 5.91 Å². The average Bonchev–Trinajstić information content (AvgIpc) is 2.91. The second-order valence-corrected chi connectivity index (χ2v) is 6.42. The van der Waals surface area contributed by atoms with E-state index in [1.807, 2.05) is 4.90 Å². The highest BCUT2D eigenvalue weighted by Gasteiger charge is 2.40. The van der Waals surface area contributed by atoms with Gasteiger partial charge in [0.15, 0.2) is 0 Å². The Hall–Kier alpha value is -1.84. The molecule has 0 bridgehead atoms. The van der Waals surface area contributed by atoms with E-state index in [-0.39, 0.29) is 11.5 Å². The van der Waals surface area contributed by atoms with Gasteiger partial charge in [-0.2, -0.15) is 0 Å². The molecular formula is C17H21NO3. The minimum atomic E-state index is -0.991. The van der Waals surface area contributed by atoms with Crippen LogP contribution in [-0.4, -0.2) is 35.0 Å². The van der Waals surface area contributed by atoms with E-state index in [0.29, 0.717) is 11.0 Å². The molecule has 4 heteroatoms. The van der Waals surface area contributed by atoms with Crippen molar-refractivity contribution in [3.8, 4) is 0 Å². The van der Waals surface area contributed by atoms with Gasteiger partial charge in [-0.05, 0) is 42.9 Å². The van der Waals surface area contributed by atoms with E-state index in [1.165, 1.54) is 44.2 Å². The van der Waals surface area contributed by atoms with Crippen molar-refractivity contribution in [3.05, 3.63) is 35.4 Å². The van der Waals surface area contributed by atoms with Crippen LogP contribution in [0.25, 0.3) is 0 Å². The molecule has 1 saturated carbocycles. The minimum Gasteiger partial charge on any atom is -0.478 e. The molecule has 1 aromatic rings. The molecular weight excluding hydrogens is 266 g/mol.